The molecule has 2 aromatic heterocycles. The predicted molar refractivity (Wildman–Crippen MR) is 126 cm³/mol. The van der Waals surface area contributed by atoms with Crippen molar-refractivity contribution in [1.82, 2.24) is 30.1 Å². The van der Waals surface area contributed by atoms with Crippen molar-refractivity contribution >= 4 is 41.0 Å². The van der Waals surface area contributed by atoms with E-state index in [1.54, 1.807) is 28.9 Å². The molecule has 184 valence electrons. The Morgan fingerprint density at radius 2 is 1.94 bits per heavy atom. The van der Waals surface area contributed by atoms with Crippen LogP contribution in [0.25, 0.3) is 5.65 Å². The normalized spacial score (nSPS) is 17.4. The molecule has 1 fully saturated rings. The lowest BCUT2D eigenvalue weighted by Crippen LogP contribution is -2.54. The van der Waals surface area contributed by atoms with E-state index in [-0.39, 0.29) is 30.0 Å². The molecule has 0 bridgehead atoms. The minimum atomic E-state index is -0.992. The van der Waals surface area contributed by atoms with Gasteiger partial charge in [-0.3, -0.25) is 29.4 Å². The van der Waals surface area contributed by atoms with E-state index < -0.39 is 29.7 Å². The molecule has 0 aliphatic carbocycles. The third-order valence-electron chi connectivity index (χ3n) is 6.17. The van der Waals surface area contributed by atoms with Gasteiger partial charge in [0.15, 0.2) is 5.65 Å². The van der Waals surface area contributed by atoms with Gasteiger partial charge in [0, 0.05) is 25.4 Å². The van der Waals surface area contributed by atoms with Crippen LogP contribution in [-0.4, -0.2) is 61.7 Å². The Bertz CT molecular complexity index is 1430. The highest BCUT2D eigenvalue weighted by Gasteiger charge is 2.44. The molecule has 1 saturated heterocycles. The number of hydrogen-bond acceptors (Lipinski definition) is 7. The van der Waals surface area contributed by atoms with Crippen molar-refractivity contribution in [2.24, 2.45) is 0 Å². The third-order valence-corrected chi connectivity index (χ3v) is 6.17. The Morgan fingerprint density at radius 1 is 1.14 bits per heavy atom. The number of benzene rings is 1. The first kappa shape index (κ1) is 23.1. The van der Waals surface area contributed by atoms with E-state index >= 15 is 0 Å². The first-order valence-electron chi connectivity index (χ1n) is 11.5. The van der Waals surface area contributed by atoms with Crippen LogP contribution in [-0.2, 0) is 16.0 Å². The van der Waals surface area contributed by atoms with Gasteiger partial charge in [0.2, 0.25) is 11.8 Å². The number of carbonyl (C=O) groups is 5. The number of imide groups is 2. The lowest BCUT2D eigenvalue weighted by molar-refractivity contribution is -0.136. The molecule has 1 aromatic carbocycles. The van der Waals surface area contributed by atoms with Gasteiger partial charge in [-0.2, -0.15) is 5.10 Å². The molecular formula is C24H23N7O5. The van der Waals surface area contributed by atoms with E-state index in [0.29, 0.717) is 30.7 Å². The molecule has 0 saturated carbocycles. The number of aromatic nitrogens is 3. The highest BCUT2D eigenvalue weighted by atomic mass is 16.2. The summed E-state index contributed by atoms with van der Waals surface area (Å²) in [5, 5.41) is 11.9. The van der Waals surface area contributed by atoms with Crippen LogP contribution in [0.4, 0.5) is 10.5 Å². The third kappa shape index (κ3) is 4.28. The quantitative estimate of drug-likeness (QED) is 0.347. The summed E-state index contributed by atoms with van der Waals surface area (Å²) in [7, 11) is 0. The first-order valence-corrected chi connectivity index (χ1v) is 11.5. The number of anilines is 1. The SMILES string of the molecule is Cc1cnc2c(NC(=O)NCCCc3ccc4c(c3)C(=O)N(C3CCC(=O)NC3=O)C4=O)cnn2c1. The van der Waals surface area contributed by atoms with Gasteiger partial charge in [0.25, 0.3) is 11.8 Å². The van der Waals surface area contributed by atoms with Gasteiger partial charge in [-0.15, -0.1) is 0 Å². The molecule has 0 spiro atoms. The number of urea groups is 1. The zero-order chi connectivity index (χ0) is 25.4. The minimum Gasteiger partial charge on any atom is -0.338 e. The maximum absolute atomic E-state index is 12.9. The molecule has 5 rings (SSSR count). The van der Waals surface area contributed by atoms with Gasteiger partial charge < -0.3 is 10.6 Å². The second-order valence-electron chi connectivity index (χ2n) is 8.77. The predicted octanol–water partition coefficient (Wildman–Crippen LogP) is 1.19. The number of amides is 6. The largest absolute Gasteiger partial charge is 0.338 e. The Balaban J connectivity index is 1.15. The van der Waals surface area contributed by atoms with Crippen molar-refractivity contribution in [3.05, 3.63) is 59.0 Å². The van der Waals surface area contributed by atoms with Crippen LogP contribution in [0.15, 0.2) is 36.8 Å². The molecule has 12 heteroatoms. The number of piperidine rings is 1. The fraction of sp³-hybridized carbons (Fsp3) is 0.292. The smallest absolute Gasteiger partial charge is 0.319 e. The van der Waals surface area contributed by atoms with Crippen LogP contribution in [0.1, 0.15) is 51.1 Å². The number of nitrogens with one attached hydrogen (secondary N) is 3. The van der Waals surface area contributed by atoms with Crippen molar-refractivity contribution in [3.8, 4) is 0 Å². The van der Waals surface area contributed by atoms with Crippen molar-refractivity contribution in [2.75, 3.05) is 11.9 Å². The molecule has 0 radical (unpaired) electrons. The summed E-state index contributed by atoms with van der Waals surface area (Å²) in [6, 6.07) is 3.60. The van der Waals surface area contributed by atoms with Gasteiger partial charge in [-0.1, -0.05) is 6.07 Å². The summed E-state index contributed by atoms with van der Waals surface area (Å²) >= 11 is 0. The second kappa shape index (κ2) is 9.21. The van der Waals surface area contributed by atoms with Crippen LogP contribution in [0.3, 0.4) is 0 Å². The topological polar surface area (TPSA) is 155 Å². The van der Waals surface area contributed by atoms with Gasteiger partial charge >= 0.3 is 6.03 Å². The lowest BCUT2D eigenvalue weighted by Gasteiger charge is -2.27. The first-order chi connectivity index (χ1) is 17.3. The van der Waals surface area contributed by atoms with Gasteiger partial charge in [0.05, 0.1) is 17.3 Å². The van der Waals surface area contributed by atoms with Gasteiger partial charge in [-0.05, 0) is 49.4 Å². The molecule has 3 aromatic rings. The Hall–Kier alpha value is -4.61. The Kier molecular flexibility index (Phi) is 5.92. The number of aryl methyl sites for hydroxylation is 2. The number of nitrogens with zero attached hydrogens (tertiary/aromatic N) is 4. The van der Waals surface area contributed by atoms with E-state index in [1.807, 2.05) is 13.1 Å². The lowest BCUT2D eigenvalue weighted by atomic mass is 10.0. The summed E-state index contributed by atoms with van der Waals surface area (Å²) in [6.07, 6.45) is 6.37. The van der Waals surface area contributed by atoms with E-state index in [4.69, 9.17) is 0 Å². The molecular weight excluding hydrogens is 466 g/mol. The van der Waals surface area contributed by atoms with Crippen molar-refractivity contribution in [3.63, 3.8) is 0 Å². The molecule has 4 heterocycles. The second-order valence-corrected chi connectivity index (χ2v) is 8.77. The van der Waals surface area contributed by atoms with Crippen LogP contribution < -0.4 is 16.0 Å². The number of fused-ring (bicyclic) bond motifs is 2. The minimum absolute atomic E-state index is 0.0726. The standard InChI is InChI=1S/C24H23N7O5/c1-13-10-26-20-17(11-27-30(20)12-13)28-24(36)25-8-2-3-14-4-5-15-16(9-14)23(35)31(22(15)34)18-6-7-19(32)29-21(18)33/h4-5,9-12,18H,2-3,6-8H2,1H3,(H2,25,28,36)(H,29,32,33). The van der Waals surface area contributed by atoms with E-state index in [9.17, 15) is 24.0 Å². The highest BCUT2D eigenvalue weighted by Crippen LogP contribution is 2.28. The Labute approximate surface area is 205 Å². The van der Waals surface area contributed by atoms with Crippen LogP contribution in [0.2, 0.25) is 0 Å². The maximum Gasteiger partial charge on any atom is 0.319 e. The van der Waals surface area contributed by atoms with Crippen LogP contribution >= 0.6 is 0 Å². The number of carbonyl (C=O) groups excluding carboxylic acids is 5. The van der Waals surface area contributed by atoms with Crippen LogP contribution in [0.5, 0.6) is 0 Å². The average molecular weight is 489 g/mol. The van der Waals surface area contributed by atoms with Crippen molar-refractivity contribution < 1.29 is 24.0 Å². The molecule has 3 N–H and O–H groups in total. The molecule has 6 amide bonds. The van der Waals surface area contributed by atoms with E-state index in [1.165, 1.54) is 6.20 Å². The fourth-order valence-electron chi connectivity index (χ4n) is 4.39. The molecule has 1 unspecified atom stereocenters. The van der Waals surface area contributed by atoms with E-state index in [2.05, 4.69) is 26.0 Å². The monoisotopic (exact) mass is 489 g/mol. The molecule has 2 aliphatic heterocycles. The summed E-state index contributed by atoms with van der Waals surface area (Å²) in [5.41, 5.74) is 3.29. The summed E-state index contributed by atoms with van der Waals surface area (Å²) in [6.45, 7) is 2.28. The highest BCUT2D eigenvalue weighted by molar-refractivity contribution is 6.23. The maximum atomic E-state index is 12.9. The fourth-order valence-corrected chi connectivity index (χ4v) is 4.39. The molecule has 2 aliphatic rings. The van der Waals surface area contributed by atoms with E-state index in [0.717, 1.165) is 16.0 Å². The summed E-state index contributed by atoms with van der Waals surface area (Å²) in [4.78, 5) is 66.8. The van der Waals surface area contributed by atoms with Crippen molar-refractivity contribution in [1.29, 1.82) is 0 Å². The summed E-state index contributed by atoms with van der Waals surface area (Å²) in [5.74, 6) is -2.13. The summed E-state index contributed by atoms with van der Waals surface area (Å²) < 4.78 is 1.59. The number of hydrogen-bond donors (Lipinski definition) is 3. The van der Waals surface area contributed by atoms with Gasteiger partial charge in [-0.25, -0.2) is 14.3 Å². The molecule has 36 heavy (non-hydrogen) atoms. The van der Waals surface area contributed by atoms with Crippen molar-refractivity contribution in [2.45, 2.75) is 38.6 Å². The molecule has 12 nitrogen and oxygen atoms in total. The number of rotatable bonds is 6. The Morgan fingerprint density at radius 3 is 2.75 bits per heavy atom. The van der Waals surface area contributed by atoms with Gasteiger partial charge in [0.1, 0.15) is 11.7 Å². The van der Waals surface area contributed by atoms with Crippen LogP contribution in [0, 0.1) is 6.92 Å². The average Bonchev–Trinajstić information content (AvgIpc) is 3.34. The molecule has 1 atom stereocenters. The zero-order valence-corrected chi connectivity index (χ0v) is 19.4. The zero-order valence-electron chi connectivity index (χ0n) is 19.4.